The fourth-order valence-corrected chi connectivity index (χ4v) is 1.83. The van der Waals surface area contributed by atoms with E-state index in [2.05, 4.69) is 27.8 Å². The number of hydrogen-bond donors (Lipinski definition) is 1. The molecule has 1 unspecified atom stereocenters. The Balaban J connectivity index is 2.63. The van der Waals surface area contributed by atoms with Crippen molar-refractivity contribution in [3.05, 3.63) is 28.7 Å². The molecule has 1 rings (SSSR count). The van der Waals surface area contributed by atoms with Crippen molar-refractivity contribution in [2.45, 2.75) is 13.0 Å². The van der Waals surface area contributed by atoms with Crippen LogP contribution in [0.2, 0.25) is 0 Å². The fourth-order valence-electron chi connectivity index (χ4n) is 1.57. The normalized spacial score (nSPS) is 12.5. The summed E-state index contributed by atoms with van der Waals surface area (Å²) in [5.41, 5.74) is 1.11. The van der Waals surface area contributed by atoms with Crippen LogP contribution in [0.15, 0.2) is 28.7 Å². The highest BCUT2D eigenvalue weighted by atomic mass is 79.9. The topological polar surface area (TPSA) is 32.7 Å². The molecule has 0 bridgehead atoms. The van der Waals surface area contributed by atoms with Gasteiger partial charge < -0.3 is 14.7 Å². The van der Waals surface area contributed by atoms with Crippen LogP contribution in [0.1, 0.15) is 6.92 Å². The molecule has 90 valence electrons. The Morgan fingerprint density at radius 3 is 2.50 bits per heavy atom. The molecular formula is C12H18BrNO2. The van der Waals surface area contributed by atoms with E-state index in [9.17, 15) is 5.11 Å². The molecule has 1 aromatic carbocycles. The van der Waals surface area contributed by atoms with E-state index >= 15 is 0 Å². The standard InChI is InChI=1S/C12H18BrNO2/c1-3-14(8-12(15)9-16-2)11-6-4-10(13)5-7-11/h4-7,12,15H,3,8-9H2,1-2H3. The van der Waals surface area contributed by atoms with Crippen molar-refractivity contribution in [3.63, 3.8) is 0 Å². The Morgan fingerprint density at radius 1 is 1.38 bits per heavy atom. The van der Waals surface area contributed by atoms with E-state index in [1.165, 1.54) is 0 Å². The molecule has 0 heterocycles. The lowest BCUT2D eigenvalue weighted by atomic mass is 10.2. The average Bonchev–Trinajstić information content (AvgIpc) is 2.27. The van der Waals surface area contributed by atoms with E-state index < -0.39 is 6.10 Å². The van der Waals surface area contributed by atoms with Crippen LogP contribution >= 0.6 is 15.9 Å². The van der Waals surface area contributed by atoms with Gasteiger partial charge in [-0.15, -0.1) is 0 Å². The number of hydrogen-bond acceptors (Lipinski definition) is 3. The number of halogens is 1. The van der Waals surface area contributed by atoms with Crippen LogP contribution in [0.25, 0.3) is 0 Å². The highest BCUT2D eigenvalue weighted by Gasteiger charge is 2.10. The lowest BCUT2D eigenvalue weighted by molar-refractivity contribution is 0.0689. The number of likely N-dealkylation sites (N-methyl/N-ethyl adjacent to an activating group) is 1. The van der Waals surface area contributed by atoms with Crippen LogP contribution in [-0.2, 0) is 4.74 Å². The van der Waals surface area contributed by atoms with E-state index in [0.717, 1.165) is 16.7 Å². The number of benzene rings is 1. The maximum absolute atomic E-state index is 9.69. The first kappa shape index (κ1) is 13.5. The Morgan fingerprint density at radius 2 is 2.00 bits per heavy atom. The SMILES string of the molecule is CCN(CC(O)COC)c1ccc(Br)cc1. The van der Waals surface area contributed by atoms with Gasteiger partial charge in [-0.05, 0) is 31.2 Å². The van der Waals surface area contributed by atoms with Crippen LogP contribution in [0, 0.1) is 0 Å². The van der Waals surface area contributed by atoms with Crippen molar-refractivity contribution in [3.8, 4) is 0 Å². The Kier molecular flexibility index (Phi) is 5.80. The highest BCUT2D eigenvalue weighted by molar-refractivity contribution is 9.10. The van der Waals surface area contributed by atoms with Gasteiger partial charge in [0.1, 0.15) is 0 Å². The van der Waals surface area contributed by atoms with Gasteiger partial charge in [0.25, 0.3) is 0 Å². The minimum atomic E-state index is -0.450. The summed E-state index contributed by atoms with van der Waals surface area (Å²) in [5.74, 6) is 0. The van der Waals surface area contributed by atoms with Crippen molar-refractivity contribution >= 4 is 21.6 Å². The van der Waals surface area contributed by atoms with Gasteiger partial charge in [-0.3, -0.25) is 0 Å². The molecule has 3 nitrogen and oxygen atoms in total. The minimum Gasteiger partial charge on any atom is -0.389 e. The number of ether oxygens (including phenoxy) is 1. The first-order valence-corrected chi connectivity index (χ1v) is 6.14. The molecule has 0 saturated carbocycles. The number of anilines is 1. The molecule has 0 aromatic heterocycles. The third-order valence-electron chi connectivity index (χ3n) is 2.36. The molecule has 1 atom stereocenters. The van der Waals surface area contributed by atoms with Crippen LogP contribution < -0.4 is 4.90 Å². The molecule has 0 spiro atoms. The van der Waals surface area contributed by atoms with Crippen LogP contribution in [-0.4, -0.2) is 38.0 Å². The van der Waals surface area contributed by atoms with E-state index in [-0.39, 0.29) is 0 Å². The summed E-state index contributed by atoms with van der Waals surface area (Å²) < 4.78 is 5.98. The minimum absolute atomic E-state index is 0.368. The first-order chi connectivity index (χ1) is 7.67. The maximum atomic E-state index is 9.69. The van der Waals surface area contributed by atoms with Crippen molar-refractivity contribution in [1.82, 2.24) is 0 Å². The molecule has 0 aliphatic heterocycles. The largest absolute Gasteiger partial charge is 0.389 e. The summed E-state index contributed by atoms with van der Waals surface area (Å²) in [7, 11) is 1.60. The molecule has 0 saturated heterocycles. The predicted molar refractivity (Wildman–Crippen MR) is 69.9 cm³/mol. The highest BCUT2D eigenvalue weighted by Crippen LogP contribution is 2.18. The fraction of sp³-hybridized carbons (Fsp3) is 0.500. The summed E-state index contributed by atoms with van der Waals surface area (Å²) in [6, 6.07) is 8.07. The van der Waals surface area contributed by atoms with Gasteiger partial charge in [0.15, 0.2) is 0 Å². The van der Waals surface area contributed by atoms with Crippen LogP contribution in [0.3, 0.4) is 0 Å². The molecular weight excluding hydrogens is 270 g/mol. The number of rotatable bonds is 6. The van der Waals surface area contributed by atoms with Crippen molar-refractivity contribution in [2.75, 3.05) is 31.7 Å². The third kappa shape index (κ3) is 4.12. The molecule has 0 aliphatic rings. The van der Waals surface area contributed by atoms with E-state index in [1.54, 1.807) is 7.11 Å². The predicted octanol–water partition coefficient (Wildman–Crippen LogP) is 2.28. The molecule has 0 aliphatic carbocycles. The van der Waals surface area contributed by atoms with Gasteiger partial charge in [0, 0.05) is 30.4 Å². The monoisotopic (exact) mass is 287 g/mol. The second kappa shape index (κ2) is 6.89. The van der Waals surface area contributed by atoms with Gasteiger partial charge in [0.05, 0.1) is 12.7 Å². The molecule has 4 heteroatoms. The lowest BCUT2D eigenvalue weighted by Gasteiger charge is -2.25. The van der Waals surface area contributed by atoms with Gasteiger partial charge >= 0.3 is 0 Å². The smallest absolute Gasteiger partial charge is 0.0947 e. The molecule has 0 fully saturated rings. The van der Waals surface area contributed by atoms with Crippen molar-refractivity contribution in [1.29, 1.82) is 0 Å². The number of aliphatic hydroxyl groups is 1. The van der Waals surface area contributed by atoms with Gasteiger partial charge in [-0.2, -0.15) is 0 Å². The summed E-state index contributed by atoms with van der Waals surface area (Å²) in [4.78, 5) is 2.12. The average molecular weight is 288 g/mol. The van der Waals surface area contributed by atoms with Gasteiger partial charge in [0.2, 0.25) is 0 Å². The quantitative estimate of drug-likeness (QED) is 0.871. The Hall–Kier alpha value is -0.580. The van der Waals surface area contributed by atoms with Crippen LogP contribution in [0.5, 0.6) is 0 Å². The molecule has 16 heavy (non-hydrogen) atoms. The van der Waals surface area contributed by atoms with Crippen molar-refractivity contribution in [2.24, 2.45) is 0 Å². The maximum Gasteiger partial charge on any atom is 0.0947 e. The summed E-state index contributed by atoms with van der Waals surface area (Å²) in [5, 5.41) is 9.69. The van der Waals surface area contributed by atoms with Crippen molar-refractivity contribution < 1.29 is 9.84 Å². The molecule has 0 radical (unpaired) electrons. The summed E-state index contributed by atoms with van der Waals surface area (Å²) in [6.45, 7) is 3.89. The molecule has 1 aromatic rings. The van der Waals surface area contributed by atoms with E-state index in [0.29, 0.717) is 13.2 Å². The van der Waals surface area contributed by atoms with E-state index in [4.69, 9.17) is 4.74 Å². The Bertz CT molecular complexity index is 302. The second-order valence-electron chi connectivity index (χ2n) is 3.62. The zero-order valence-corrected chi connectivity index (χ0v) is 11.3. The zero-order valence-electron chi connectivity index (χ0n) is 9.69. The van der Waals surface area contributed by atoms with Gasteiger partial charge in [-0.1, -0.05) is 15.9 Å². The lowest BCUT2D eigenvalue weighted by Crippen LogP contribution is -2.34. The zero-order chi connectivity index (χ0) is 12.0. The second-order valence-corrected chi connectivity index (χ2v) is 4.54. The number of methoxy groups -OCH3 is 1. The Labute approximate surface area is 105 Å². The summed E-state index contributed by atoms with van der Waals surface area (Å²) >= 11 is 3.40. The van der Waals surface area contributed by atoms with Gasteiger partial charge in [-0.25, -0.2) is 0 Å². The van der Waals surface area contributed by atoms with Crippen LogP contribution in [0.4, 0.5) is 5.69 Å². The number of nitrogens with zero attached hydrogens (tertiary/aromatic N) is 1. The third-order valence-corrected chi connectivity index (χ3v) is 2.89. The molecule has 1 N–H and O–H groups in total. The number of aliphatic hydroxyl groups excluding tert-OH is 1. The first-order valence-electron chi connectivity index (χ1n) is 5.35. The molecule has 0 amide bonds. The summed E-state index contributed by atoms with van der Waals surface area (Å²) in [6.07, 6.45) is -0.450. The van der Waals surface area contributed by atoms with E-state index in [1.807, 2.05) is 24.3 Å².